The molecule has 0 spiro atoms. The highest BCUT2D eigenvalue weighted by Crippen LogP contribution is 2.20. The maximum atomic E-state index is 12.4. The van der Waals surface area contributed by atoms with Crippen molar-refractivity contribution in [2.75, 3.05) is 6.61 Å². The van der Waals surface area contributed by atoms with Gasteiger partial charge in [0.15, 0.2) is 0 Å². The molecule has 0 bridgehead atoms. The van der Waals surface area contributed by atoms with Gasteiger partial charge >= 0.3 is 5.97 Å². The second-order valence-electron chi connectivity index (χ2n) is 10.8. The number of esters is 1. The van der Waals surface area contributed by atoms with E-state index in [9.17, 15) is 4.79 Å². The quantitative estimate of drug-likeness (QED) is 0.0935. The summed E-state index contributed by atoms with van der Waals surface area (Å²) in [5.41, 5.74) is 0. The van der Waals surface area contributed by atoms with Crippen LogP contribution in [0.25, 0.3) is 0 Å². The van der Waals surface area contributed by atoms with E-state index in [1.165, 1.54) is 141 Å². The molecule has 0 heterocycles. The van der Waals surface area contributed by atoms with Crippen LogP contribution in [-0.4, -0.2) is 12.6 Å². The van der Waals surface area contributed by atoms with Gasteiger partial charge < -0.3 is 4.74 Å². The van der Waals surface area contributed by atoms with Crippen LogP contribution in [0.15, 0.2) is 0 Å². The third-order valence-electron chi connectivity index (χ3n) is 7.27. The van der Waals surface area contributed by atoms with E-state index in [1.54, 1.807) is 0 Å². The Bertz CT molecular complexity index is 392. The summed E-state index contributed by atoms with van der Waals surface area (Å²) < 4.78 is 5.75. The Morgan fingerprint density at radius 3 is 1.33 bits per heavy atom. The van der Waals surface area contributed by atoms with Crippen molar-refractivity contribution in [2.24, 2.45) is 11.8 Å². The molecule has 0 rings (SSSR count). The van der Waals surface area contributed by atoms with E-state index in [0.29, 0.717) is 12.5 Å². The second kappa shape index (κ2) is 26.1. The van der Waals surface area contributed by atoms with Crippen LogP contribution in [0.5, 0.6) is 0 Å². The first-order valence-corrected chi connectivity index (χ1v) is 15.3. The molecule has 0 amide bonds. The van der Waals surface area contributed by atoms with Crippen molar-refractivity contribution in [3.05, 3.63) is 0 Å². The molecule has 0 saturated heterocycles. The molecular formula is C31H62O2. The van der Waals surface area contributed by atoms with Crippen LogP contribution in [0.2, 0.25) is 0 Å². The van der Waals surface area contributed by atoms with E-state index in [1.807, 2.05) is 0 Å². The minimum Gasteiger partial charge on any atom is -0.465 e. The van der Waals surface area contributed by atoms with Gasteiger partial charge in [-0.25, -0.2) is 0 Å². The summed E-state index contributed by atoms with van der Waals surface area (Å²) in [5, 5.41) is 0. The van der Waals surface area contributed by atoms with Gasteiger partial charge in [-0.15, -0.1) is 0 Å². The number of hydrogen-bond donors (Lipinski definition) is 0. The second-order valence-corrected chi connectivity index (χ2v) is 10.8. The number of carbonyl (C=O) groups excluding carboxylic acids is 1. The lowest BCUT2D eigenvalue weighted by atomic mass is 9.96. The normalized spacial score (nSPS) is 13.2. The summed E-state index contributed by atoms with van der Waals surface area (Å²) in [6.45, 7) is 9.50. The van der Waals surface area contributed by atoms with Gasteiger partial charge in [0.1, 0.15) is 0 Å². The highest BCUT2D eigenvalue weighted by atomic mass is 16.5. The summed E-state index contributed by atoms with van der Waals surface area (Å²) in [5.74, 6) is 0.666. The zero-order valence-electron chi connectivity index (χ0n) is 23.4. The summed E-state index contributed by atoms with van der Waals surface area (Å²) in [7, 11) is 0. The molecule has 0 N–H and O–H groups in total. The Labute approximate surface area is 209 Å². The first kappa shape index (κ1) is 32.5. The first-order valence-electron chi connectivity index (χ1n) is 15.3. The Hall–Kier alpha value is -0.530. The molecule has 0 aromatic heterocycles. The fraction of sp³-hybridized carbons (Fsp3) is 0.968. The van der Waals surface area contributed by atoms with Crippen LogP contribution in [0.3, 0.4) is 0 Å². The fourth-order valence-electron chi connectivity index (χ4n) is 4.86. The maximum absolute atomic E-state index is 12.4. The summed E-state index contributed by atoms with van der Waals surface area (Å²) in [4.78, 5) is 12.4. The van der Waals surface area contributed by atoms with E-state index in [0.717, 1.165) is 6.42 Å². The number of carbonyl (C=O) groups is 1. The number of ether oxygens (including phenoxy) is 1. The molecule has 2 atom stereocenters. The zero-order chi connectivity index (χ0) is 24.4. The average molecular weight is 467 g/mol. The Balaban J connectivity index is 3.70. The Morgan fingerprint density at radius 1 is 0.515 bits per heavy atom. The van der Waals surface area contributed by atoms with Crippen molar-refractivity contribution in [3.63, 3.8) is 0 Å². The SMILES string of the molecule is CCCCCCCCCCCCCCC(CCC)COC(=O)C(C)CCCCCCCCC. The van der Waals surface area contributed by atoms with E-state index in [4.69, 9.17) is 4.74 Å². The Morgan fingerprint density at radius 2 is 0.909 bits per heavy atom. The predicted molar refractivity (Wildman–Crippen MR) is 147 cm³/mol. The third-order valence-corrected chi connectivity index (χ3v) is 7.27. The van der Waals surface area contributed by atoms with E-state index in [-0.39, 0.29) is 11.9 Å². The molecule has 2 nitrogen and oxygen atoms in total. The molecule has 0 aliphatic heterocycles. The van der Waals surface area contributed by atoms with Crippen molar-refractivity contribution in [3.8, 4) is 0 Å². The van der Waals surface area contributed by atoms with Gasteiger partial charge in [0.25, 0.3) is 0 Å². The van der Waals surface area contributed by atoms with Crippen LogP contribution in [-0.2, 0) is 9.53 Å². The van der Waals surface area contributed by atoms with Crippen molar-refractivity contribution in [1.29, 1.82) is 0 Å². The standard InChI is InChI=1S/C31H62O2/c1-5-8-10-12-14-15-16-17-18-20-22-24-27-30(25-7-3)28-33-31(32)29(4)26-23-21-19-13-11-9-6-2/h29-30H,5-28H2,1-4H3. The Kier molecular flexibility index (Phi) is 25.7. The molecule has 198 valence electrons. The summed E-state index contributed by atoms with van der Waals surface area (Å²) in [6, 6.07) is 0. The molecule has 0 radical (unpaired) electrons. The van der Waals surface area contributed by atoms with Crippen molar-refractivity contribution in [2.45, 2.75) is 175 Å². The minimum absolute atomic E-state index is 0.0387. The molecule has 33 heavy (non-hydrogen) atoms. The van der Waals surface area contributed by atoms with Gasteiger partial charge in [-0.2, -0.15) is 0 Å². The van der Waals surface area contributed by atoms with Gasteiger partial charge in [-0.1, -0.05) is 156 Å². The van der Waals surface area contributed by atoms with Gasteiger partial charge in [0.2, 0.25) is 0 Å². The molecule has 0 aliphatic rings. The van der Waals surface area contributed by atoms with Crippen LogP contribution in [0, 0.1) is 11.8 Å². The fourth-order valence-corrected chi connectivity index (χ4v) is 4.86. The summed E-state index contributed by atoms with van der Waals surface area (Å²) in [6.07, 6.45) is 30.5. The highest BCUT2D eigenvalue weighted by molar-refractivity contribution is 5.71. The van der Waals surface area contributed by atoms with Crippen LogP contribution < -0.4 is 0 Å². The largest absolute Gasteiger partial charge is 0.465 e. The van der Waals surface area contributed by atoms with E-state index in [2.05, 4.69) is 27.7 Å². The molecule has 0 aromatic carbocycles. The van der Waals surface area contributed by atoms with Crippen molar-refractivity contribution >= 4 is 5.97 Å². The lowest BCUT2D eigenvalue weighted by Gasteiger charge is -2.18. The number of rotatable bonds is 26. The molecule has 0 fully saturated rings. The molecule has 0 saturated carbocycles. The van der Waals surface area contributed by atoms with E-state index < -0.39 is 0 Å². The molecule has 2 unspecified atom stereocenters. The van der Waals surface area contributed by atoms with Crippen LogP contribution >= 0.6 is 0 Å². The molecular weight excluding hydrogens is 404 g/mol. The van der Waals surface area contributed by atoms with Crippen molar-refractivity contribution < 1.29 is 9.53 Å². The van der Waals surface area contributed by atoms with Crippen molar-refractivity contribution in [1.82, 2.24) is 0 Å². The van der Waals surface area contributed by atoms with E-state index >= 15 is 0 Å². The van der Waals surface area contributed by atoms with Crippen LogP contribution in [0.1, 0.15) is 175 Å². The molecule has 0 aromatic rings. The van der Waals surface area contributed by atoms with Gasteiger partial charge in [0.05, 0.1) is 12.5 Å². The number of hydrogen-bond acceptors (Lipinski definition) is 2. The average Bonchev–Trinajstić information content (AvgIpc) is 2.82. The monoisotopic (exact) mass is 466 g/mol. The smallest absolute Gasteiger partial charge is 0.308 e. The van der Waals surface area contributed by atoms with Gasteiger partial charge in [-0.3, -0.25) is 4.79 Å². The lowest BCUT2D eigenvalue weighted by molar-refractivity contribution is -0.149. The first-order chi connectivity index (χ1) is 16.2. The lowest BCUT2D eigenvalue weighted by Crippen LogP contribution is -2.19. The minimum atomic E-state index is 0.0387. The number of unbranched alkanes of at least 4 members (excludes halogenated alkanes) is 17. The van der Waals surface area contributed by atoms with Crippen LogP contribution in [0.4, 0.5) is 0 Å². The van der Waals surface area contributed by atoms with Gasteiger partial charge in [-0.05, 0) is 25.2 Å². The topological polar surface area (TPSA) is 26.3 Å². The highest BCUT2D eigenvalue weighted by Gasteiger charge is 2.16. The summed E-state index contributed by atoms with van der Waals surface area (Å²) >= 11 is 0. The molecule has 2 heteroatoms. The maximum Gasteiger partial charge on any atom is 0.308 e. The van der Waals surface area contributed by atoms with Gasteiger partial charge in [0, 0.05) is 0 Å². The predicted octanol–water partition coefficient (Wildman–Crippen LogP) is 10.8. The zero-order valence-corrected chi connectivity index (χ0v) is 23.4. The molecule has 0 aliphatic carbocycles. The third kappa shape index (κ3) is 23.0.